The van der Waals surface area contributed by atoms with Gasteiger partial charge in [-0.15, -0.1) is 11.3 Å². The predicted octanol–water partition coefficient (Wildman–Crippen LogP) is 2.51. The summed E-state index contributed by atoms with van der Waals surface area (Å²) in [6.07, 6.45) is 2.43. The minimum Gasteiger partial charge on any atom is -0.309 e. The van der Waals surface area contributed by atoms with Gasteiger partial charge in [0.05, 0.1) is 4.90 Å². The summed E-state index contributed by atoms with van der Waals surface area (Å²) in [6, 6.07) is 2.41. The molecule has 1 aromatic rings. The van der Waals surface area contributed by atoms with E-state index in [4.69, 9.17) is 0 Å². The second kappa shape index (κ2) is 6.20. The van der Waals surface area contributed by atoms with E-state index in [1.165, 1.54) is 24.2 Å². The number of nitrogens with one attached hydrogen (secondary N) is 1. The summed E-state index contributed by atoms with van der Waals surface area (Å²) in [4.78, 5) is 1.45. The van der Waals surface area contributed by atoms with Crippen molar-refractivity contribution in [2.75, 3.05) is 12.3 Å². The quantitative estimate of drug-likeness (QED) is 0.890. The molecule has 2 fully saturated rings. The Balaban J connectivity index is 1.82. The van der Waals surface area contributed by atoms with E-state index >= 15 is 0 Å². The van der Waals surface area contributed by atoms with Crippen LogP contribution in [0.5, 0.6) is 0 Å². The average Bonchev–Trinajstić information content (AvgIpc) is 3.15. The first-order chi connectivity index (χ1) is 10.00. The van der Waals surface area contributed by atoms with Gasteiger partial charge in [0.2, 0.25) is 10.0 Å². The Labute approximate surface area is 135 Å². The van der Waals surface area contributed by atoms with E-state index < -0.39 is 10.0 Å². The molecule has 0 amide bonds. The van der Waals surface area contributed by atoms with Crippen LogP contribution in [0.15, 0.2) is 16.3 Å². The van der Waals surface area contributed by atoms with Gasteiger partial charge in [0.1, 0.15) is 0 Å². The van der Waals surface area contributed by atoms with Crippen LogP contribution in [0.2, 0.25) is 0 Å². The van der Waals surface area contributed by atoms with Crippen LogP contribution >= 0.6 is 23.1 Å². The van der Waals surface area contributed by atoms with Crippen LogP contribution in [0.1, 0.15) is 31.6 Å². The van der Waals surface area contributed by atoms with Crippen molar-refractivity contribution in [1.82, 2.24) is 9.62 Å². The van der Waals surface area contributed by atoms with E-state index in [0.717, 1.165) is 10.6 Å². The highest BCUT2D eigenvalue weighted by Gasteiger charge is 2.36. The number of nitrogens with zero attached hydrogens (tertiary/aromatic N) is 1. The molecule has 1 saturated heterocycles. The summed E-state index contributed by atoms with van der Waals surface area (Å²) in [5.74, 6) is 0.879. The van der Waals surface area contributed by atoms with Crippen LogP contribution < -0.4 is 5.32 Å². The van der Waals surface area contributed by atoms with Crippen molar-refractivity contribution < 1.29 is 8.42 Å². The maximum atomic E-state index is 13.0. The van der Waals surface area contributed by atoms with Crippen LogP contribution in [0.25, 0.3) is 0 Å². The van der Waals surface area contributed by atoms with Gasteiger partial charge < -0.3 is 5.32 Å². The molecule has 0 spiro atoms. The lowest BCUT2D eigenvalue weighted by molar-refractivity contribution is 0.340. The second-order valence-electron chi connectivity index (χ2n) is 5.80. The fraction of sp³-hybridized carbons (Fsp3) is 0.714. The number of hydrogen-bond donors (Lipinski definition) is 1. The standard InChI is InChI=1S/C14H22N2O2S3/c1-10-11(2)19-8-6-16(10)21(17,18)14-5-7-20-13(14)9-15-12-3-4-12/h5,7,10-12,15H,3-4,6,8-9H2,1-2H3. The number of hydrogen-bond acceptors (Lipinski definition) is 5. The van der Waals surface area contributed by atoms with E-state index in [9.17, 15) is 8.42 Å². The van der Waals surface area contributed by atoms with Gasteiger partial charge in [-0.3, -0.25) is 0 Å². The van der Waals surface area contributed by atoms with Crippen molar-refractivity contribution in [2.24, 2.45) is 0 Å². The first-order valence-electron chi connectivity index (χ1n) is 7.43. The Bertz CT molecular complexity index is 595. The molecule has 0 radical (unpaired) electrons. The van der Waals surface area contributed by atoms with Crippen LogP contribution in [0, 0.1) is 0 Å². The van der Waals surface area contributed by atoms with Crippen LogP contribution in [-0.2, 0) is 16.6 Å². The first-order valence-corrected chi connectivity index (χ1v) is 10.8. The Morgan fingerprint density at radius 1 is 1.38 bits per heavy atom. The molecule has 2 heterocycles. The SMILES string of the molecule is CC1SCCN(S(=O)(=O)c2ccsc2CNC2CC2)C1C. The Morgan fingerprint density at radius 3 is 2.86 bits per heavy atom. The number of thiophene rings is 1. The molecule has 3 rings (SSSR count). The van der Waals surface area contributed by atoms with Crippen molar-refractivity contribution in [1.29, 1.82) is 0 Å². The molecular formula is C14H22N2O2S3. The third-order valence-electron chi connectivity index (χ3n) is 4.25. The molecule has 1 N–H and O–H groups in total. The Morgan fingerprint density at radius 2 is 2.14 bits per heavy atom. The third kappa shape index (κ3) is 3.32. The van der Waals surface area contributed by atoms with E-state index in [1.807, 2.05) is 24.1 Å². The van der Waals surface area contributed by atoms with Crippen LogP contribution in [0.4, 0.5) is 0 Å². The molecule has 1 aliphatic heterocycles. The normalized spacial score (nSPS) is 27.9. The molecule has 21 heavy (non-hydrogen) atoms. The van der Waals surface area contributed by atoms with Gasteiger partial charge >= 0.3 is 0 Å². The second-order valence-corrected chi connectivity index (χ2v) is 10.1. The number of sulfonamides is 1. The molecule has 2 unspecified atom stereocenters. The van der Waals surface area contributed by atoms with E-state index in [1.54, 1.807) is 10.4 Å². The highest BCUT2D eigenvalue weighted by Crippen LogP contribution is 2.32. The van der Waals surface area contributed by atoms with Gasteiger partial charge in [0.15, 0.2) is 0 Å². The average molecular weight is 347 g/mol. The molecular weight excluding hydrogens is 324 g/mol. The van der Waals surface area contributed by atoms with Gasteiger partial charge in [-0.2, -0.15) is 16.1 Å². The zero-order chi connectivity index (χ0) is 15.0. The highest BCUT2D eigenvalue weighted by molar-refractivity contribution is 8.00. The molecule has 118 valence electrons. The Kier molecular flexibility index (Phi) is 4.66. The maximum Gasteiger partial charge on any atom is 0.244 e. The zero-order valence-corrected chi connectivity index (χ0v) is 14.9. The molecule has 0 bridgehead atoms. The third-order valence-corrected chi connectivity index (χ3v) is 8.70. The van der Waals surface area contributed by atoms with Crippen LogP contribution in [0.3, 0.4) is 0 Å². The van der Waals surface area contributed by atoms with E-state index in [0.29, 0.717) is 29.3 Å². The smallest absolute Gasteiger partial charge is 0.244 e. The molecule has 7 heteroatoms. The fourth-order valence-corrected chi connectivity index (χ4v) is 6.95. The van der Waals surface area contributed by atoms with Gasteiger partial charge in [-0.05, 0) is 31.2 Å². The summed E-state index contributed by atoms with van der Waals surface area (Å²) in [7, 11) is -3.37. The summed E-state index contributed by atoms with van der Waals surface area (Å²) in [6.45, 7) is 5.41. The van der Waals surface area contributed by atoms with Gasteiger partial charge in [0, 0.05) is 41.1 Å². The minimum atomic E-state index is -3.37. The molecule has 4 nitrogen and oxygen atoms in total. The highest BCUT2D eigenvalue weighted by atomic mass is 32.2. The topological polar surface area (TPSA) is 49.4 Å². The van der Waals surface area contributed by atoms with Gasteiger partial charge in [-0.25, -0.2) is 8.42 Å². The van der Waals surface area contributed by atoms with Crippen molar-refractivity contribution in [3.8, 4) is 0 Å². The zero-order valence-electron chi connectivity index (χ0n) is 12.4. The lowest BCUT2D eigenvalue weighted by Gasteiger charge is -2.36. The van der Waals surface area contributed by atoms with Gasteiger partial charge in [-0.1, -0.05) is 6.92 Å². The molecule has 2 atom stereocenters. The molecule has 0 aromatic carbocycles. The van der Waals surface area contributed by atoms with E-state index in [2.05, 4.69) is 12.2 Å². The van der Waals surface area contributed by atoms with Crippen molar-refractivity contribution >= 4 is 33.1 Å². The van der Waals surface area contributed by atoms with Crippen LogP contribution in [-0.4, -0.2) is 42.4 Å². The first kappa shape index (κ1) is 15.8. The Hall–Kier alpha value is -0.0800. The summed E-state index contributed by atoms with van der Waals surface area (Å²) in [5, 5.41) is 5.66. The molecule has 1 saturated carbocycles. The molecule has 2 aliphatic rings. The minimum absolute atomic E-state index is 0.0536. The summed E-state index contributed by atoms with van der Waals surface area (Å²) < 4.78 is 27.7. The monoisotopic (exact) mass is 346 g/mol. The van der Waals surface area contributed by atoms with Crippen molar-refractivity contribution in [2.45, 2.75) is 55.5 Å². The number of rotatable bonds is 5. The maximum absolute atomic E-state index is 13.0. The predicted molar refractivity (Wildman–Crippen MR) is 89.5 cm³/mol. The number of thioether (sulfide) groups is 1. The largest absolute Gasteiger partial charge is 0.309 e. The van der Waals surface area contributed by atoms with Crippen molar-refractivity contribution in [3.05, 3.63) is 16.3 Å². The van der Waals surface area contributed by atoms with Crippen molar-refractivity contribution in [3.63, 3.8) is 0 Å². The molecule has 1 aromatic heterocycles. The summed E-state index contributed by atoms with van der Waals surface area (Å²) >= 11 is 3.39. The lowest BCUT2D eigenvalue weighted by Crippen LogP contribution is -2.47. The lowest BCUT2D eigenvalue weighted by atomic mass is 10.2. The van der Waals surface area contributed by atoms with Gasteiger partial charge in [0.25, 0.3) is 0 Å². The fourth-order valence-electron chi connectivity index (χ4n) is 2.58. The van der Waals surface area contributed by atoms with E-state index in [-0.39, 0.29) is 6.04 Å². The summed E-state index contributed by atoms with van der Waals surface area (Å²) in [5.41, 5.74) is 0. The molecule has 1 aliphatic carbocycles.